The molecule has 1 fully saturated rings. The zero-order valence-electron chi connectivity index (χ0n) is 20.9. The molecular formula is C30H35N3O3. The molecule has 0 spiro atoms. The highest BCUT2D eigenvalue weighted by atomic mass is 16.3. The van der Waals surface area contributed by atoms with Gasteiger partial charge < -0.3 is 21.1 Å². The second kappa shape index (κ2) is 12.0. The van der Waals surface area contributed by atoms with E-state index in [1.807, 2.05) is 74.5 Å². The molecule has 0 aliphatic heterocycles. The summed E-state index contributed by atoms with van der Waals surface area (Å²) in [5.74, 6) is -0.547. The summed E-state index contributed by atoms with van der Waals surface area (Å²) in [5, 5.41) is 20.3. The van der Waals surface area contributed by atoms with Crippen LogP contribution in [-0.2, 0) is 6.42 Å². The molecule has 4 N–H and O–H groups in total. The van der Waals surface area contributed by atoms with Crippen molar-refractivity contribution in [3.8, 4) is 0 Å². The Hall–Kier alpha value is -3.48. The predicted molar refractivity (Wildman–Crippen MR) is 142 cm³/mol. The Morgan fingerprint density at radius 3 is 2.08 bits per heavy atom. The highest BCUT2D eigenvalue weighted by Crippen LogP contribution is 2.19. The van der Waals surface area contributed by atoms with E-state index in [9.17, 15) is 14.7 Å². The maximum atomic E-state index is 13.3. The average Bonchev–Trinajstić information content (AvgIpc) is 3.72. The number of carbonyl (C=O) groups excluding carboxylic acids is 2. The third-order valence-electron chi connectivity index (χ3n) is 6.52. The van der Waals surface area contributed by atoms with Gasteiger partial charge in [-0.15, -0.1) is 0 Å². The number of nitrogens with one attached hydrogen (secondary N) is 3. The lowest BCUT2D eigenvalue weighted by Crippen LogP contribution is -2.49. The maximum absolute atomic E-state index is 13.3. The molecule has 4 rings (SSSR count). The van der Waals surface area contributed by atoms with Crippen molar-refractivity contribution in [2.45, 2.75) is 57.3 Å². The minimum absolute atomic E-state index is 0.166. The van der Waals surface area contributed by atoms with E-state index in [-0.39, 0.29) is 17.9 Å². The summed E-state index contributed by atoms with van der Waals surface area (Å²) in [4.78, 5) is 26.3. The molecular weight excluding hydrogens is 450 g/mol. The van der Waals surface area contributed by atoms with E-state index < -0.39 is 12.1 Å². The molecule has 1 aliphatic rings. The summed E-state index contributed by atoms with van der Waals surface area (Å²) in [6.45, 7) is 4.22. The lowest BCUT2D eigenvalue weighted by molar-refractivity contribution is 0.0830. The van der Waals surface area contributed by atoms with E-state index in [1.165, 1.54) is 0 Å². The summed E-state index contributed by atoms with van der Waals surface area (Å²) in [6.07, 6.45) is 2.02. The molecule has 3 atom stereocenters. The quantitative estimate of drug-likeness (QED) is 0.331. The van der Waals surface area contributed by atoms with Gasteiger partial charge in [-0.25, -0.2) is 0 Å². The number of aliphatic hydroxyl groups is 1. The minimum atomic E-state index is -0.742. The molecule has 36 heavy (non-hydrogen) atoms. The molecule has 3 aromatic carbocycles. The minimum Gasteiger partial charge on any atom is -0.390 e. The molecule has 0 radical (unpaired) electrons. The third-order valence-corrected chi connectivity index (χ3v) is 6.52. The van der Waals surface area contributed by atoms with Gasteiger partial charge in [0.2, 0.25) is 0 Å². The van der Waals surface area contributed by atoms with E-state index in [0.29, 0.717) is 30.1 Å². The van der Waals surface area contributed by atoms with Gasteiger partial charge in [-0.05, 0) is 68.0 Å². The van der Waals surface area contributed by atoms with Crippen molar-refractivity contribution in [2.24, 2.45) is 0 Å². The molecule has 0 unspecified atom stereocenters. The van der Waals surface area contributed by atoms with Crippen molar-refractivity contribution in [3.63, 3.8) is 0 Å². The molecule has 188 valence electrons. The van der Waals surface area contributed by atoms with Crippen LogP contribution in [0.1, 0.15) is 63.2 Å². The van der Waals surface area contributed by atoms with Gasteiger partial charge in [0.25, 0.3) is 11.8 Å². The first-order chi connectivity index (χ1) is 17.4. The van der Waals surface area contributed by atoms with Gasteiger partial charge in [-0.1, -0.05) is 60.7 Å². The Morgan fingerprint density at radius 1 is 0.889 bits per heavy atom. The zero-order valence-corrected chi connectivity index (χ0v) is 20.9. The second-order valence-electron chi connectivity index (χ2n) is 9.71. The Morgan fingerprint density at radius 2 is 1.47 bits per heavy atom. The van der Waals surface area contributed by atoms with Crippen LogP contribution >= 0.6 is 0 Å². The fourth-order valence-corrected chi connectivity index (χ4v) is 4.27. The van der Waals surface area contributed by atoms with Gasteiger partial charge in [0, 0.05) is 23.7 Å². The van der Waals surface area contributed by atoms with Crippen LogP contribution in [0.2, 0.25) is 0 Å². The summed E-state index contributed by atoms with van der Waals surface area (Å²) >= 11 is 0. The first-order valence-electron chi connectivity index (χ1n) is 12.6. The van der Waals surface area contributed by atoms with Crippen LogP contribution in [0.3, 0.4) is 0 Å². The number of benzene rings is 3. The number of hydrogen-bond acceptors (Lipinski definition) is 4. The van der Waals surface area contributed by atoms with Crippen molar-refractivity contribution in [2.75, 3.05) is 6.54 Å². The lowest BCUT2D eigenvalue weighted by atomic mass is 9.99. The molecule has 0 heterocycles. The fraction of sp³-hybridized carbons (Fsp3) is 0.333. The van der Waals surface area contributed by atoms with Crippen LogP contribution in [0, 0.1) is 6.92 Å². The number of hydrogen-bond donors (Lipinski definition) is 4. The molecule has 2 amide bonds. The Kier molecular flexibility index (Phi) is 8.52. The van der Waals surface area contributed by atoms with Gasteiger partial charge >= 0.3 is 0 Å². The molecule has 6 nitrogen and oxygen atoms in total. The SMILES string of the molecule is Cc1cc(C(=O)N[C@@H](Cc2ccccc2)[C@H](O)CNC2CC2)cc(C(=O)N[C@H](C)c2ccccc2)c1. The maximum Gasteiger partial charge on any atom is 0.251 e. The number of amides is 2. The van der Waals surface area contributed by atoms with E-state index in [0.717, 1.165) is 29.5 Å². The summed E-state index contributed by atoms with van der Waals surface area (Å²) < 4.78 is 0. The number of carbonyl (C=O) groups is 2. The van der Waals surface area contributed by atoms with Gasteiger partial charge in [-0.2, -0.15) is 0 Å². The van der Waals surface area contributed by atoms with E-state index in [2.05, 4.69) is 16.0 Å². The van der Waals surface area contributed by atoms with E-state index >= 15 is 0 Å². The normalized spacial score (nSPS) is 15.5. The standard InChI is InChI=1S/C30H35N3O3/c1-20-15-24(29(35)32-21(2)23-11-7-4-8-12-23)18-25(16-20)30(36)33-27(17-22-9-5-3-6-10-22)28(34)19-31-26-13-14-26/h3-12,15-16,18,21,26-28,31,34H,13-14,17,19H2,1-2H3,(H,32,35)(H,33,36)/t21-,27+,28-/m1/s1. The van der Waals surface area contributed by atoms with E-state index in [4.69, 9.17) is 0 Å². The number of aliphatic hydroxyl groups excluding tert-OH is 1. The topological polar surface area (TPSA) is 90.5 Å². The molecule has 1 aliphatic carbocycles. The molecule has 0 saturated heterocycles. The van der Waals surface area contributed by atoms with Crippen molar-refractivity contribution in [1.29, 1.82) is 0 Å². The van der Waals surface area contributed by atoms with Crippen molar-refractivity contribution < 1.29 is 14.7 Å². The van der Waals surface area contributed by atoms with Gasteiger partial charge in [0.15, 0.2) is 0 Å². The van der Waals surface area contributed by atoms with Crippen LogP contribution in [0.15, 0.2) is 78.9 Å². The van der Waals surface area contributed by atoms with Crippen molar-refractivity contribution in [3.05, 3.63) is 107 Å². The summed E-state index contributed by atoms with van der Waals surface area (Å²) in [7, 11) is 0. The molecule has 0 bridgehead atoms. The van der Waals surface area contributed by atoms with E-state index in [1.54, 1.807) is 18.2 Å². The van der Waals surface area contributed by atoms with Crippen LogP contribution in [0.5, 0.6) is 0 Å². The zero-order chi connectivity index (χ0) is 25.5. The van der Waals surface area contributed by atoms with Crippen molar-refractivity contribution >= 4 is 11.8 Å². The highest BCUT2D eigenvalue weighted by molar-refractivity contribution is 6.00. The third kappa shape index (κ3) is 7.26. The second-order valence-corrected chi connectivity index (χ2v) is 9.71. The molecule has 6 heteroatoms. The summed E-state index contributed by atoms with van der Waals surface area (Å²) in [6, 6.07) is 24.6. The van der Waals surface area contributed by atoms with Gasteiger partial charge in [-0.3, -0.25) is 9.59 Å². The van der Waals surface area contributed by atoms with Crippen LogP contribution in [0.4, 0.5) is 0 Å². The number of rotatable bonds is 11. The van der Waals surface area contributed by atoms with Crippen LogP contribution in [-0.4, -0.2) is 41.7 Å². The Bertz CT molecular complexity index is 1160. The molecule has 0 aromatic heterocycles. The lowest BCUT2D eigenvalue weighted by Gasteiger charge is -2.25. The molecule has 3 aromatic rings. The van der Waals surface area contributed by atoms with Crippen LogP contribution in [0.25, 0.3) is 0 Å². The highest BCUT2D eigenvalue weighted by Gasteiger charge is 2.26. The Balaban J connectivity index is 1.47. The Labute approximate surface area is 213 Å². The first kappa shape index (κ1) is 25.6. The molecule has 1 saturated carbocycles. The smallest absolute Gasteiger partial charge is 0.251 e. The fourth-order valence-electron chi connectivity index (χ4n) is 4.27. The predicted octanol–water partition coefficient (Wildman–Crippen LogP) is 3.94. The van der Waals surface area contributed by atoms with Gasteiger partial charge in [0.1, 0.15) is 0 Å². The number of aryl methyl sites for hydroxylation is 1. The first-order valence-corrected chi connectivity index (χ1v) is 12.6. The van der Waals surface area contributed by atoms with Crippen molar-refractivity contribution in [1.82, 2.24) is 16.0 Å². The van der Waals surface area contributed by atoms with Crippen LogP contribution < -0.4 is 16.0 Å². The van der Waals surface area contributed by atoms with Gasteiger partial charge in [0.05, 0.1) is 18.2 Å². The average molecular weight is 486 g/mol. The summed E-state index contributed by atoms with van der Waals surface area (Å²) in [5.41, 5.74) is 3.68. The largest absolute Gasteiger partial charge is 0.390 e. The monoisotopic (exact) mass is 485 g/mol.